The van der Waals surface area contributed by atoms with Crippen LogP contribution in [0.2, 0.25) is 0 Å². The van der Waals surface area contributed by atoms with Gasteiger partial charge in [0.05, 0.1) is 29.0 Å². The lowest BCUT2D eigenvalue weighted by molar-refractivity contribution is 0.0983. The minimum atomic E-state index is -3.64. The largest absolute Gasteiger partial charge is 0.492 e. The average Bonchev–Trinajstić information content (AvgIpc) is 3.62. The van der Waals surface area contributed by atoms with Crippen molar-refractivity contribution in [2.45, 2.75) is 57.0 Å². The number of hydrogen-bond acceptors (Lipinski definition) is 7. The van der Waals surface area contributed by atoms with Gasteiger partial charge in [0, 0.05) is 18.2 Å². The minimum Gasteiger partial charge on any atom is -0.492 e. The predicted octanol–water partition coefficient (Wildman–Crippen LogP) is 6.09. The molecule has 8 nitrogen and oxygen atoms in total. The van der Waals surface area contributed by atoms with Gasteiger partial charge in [0.2, 0.25) is 10.0 Å². The van der Waals surface area contributed by atoms with Gasteiger partial charge in [0.25, 0.3) is 5.91 Å². The molecule has 2 aromatic carbocycles. The summed E-state index contributed by atoms with van der Waals surface area (Å²) in [7, 11) is -3.64. The van der Waals surface area contributed by atoms with Gasteiger partial charge in [0.15, 0.2) is 5.13 Å². The number of hydrogen-bond donors (Lipinski definition) is 0. The van der Waals surface area contributed by atoms with E-state index < -0.39 is 10.0 Å². The van der Waals surface area contributed by atoms with Gasteiger partial charge in [0.1, 0.15) is 17.0 Å². The van der Waals surface area contributed by atoms with Crippen LogP contribution in [0.15, 0.2) is 70.2 Å². The number of fused-ring (bicyclic) bond motifs is 1. The SMILES string of the molecule is CCOc1cccc2sc(N(Cc3ccco3)C(=O)c3ccc(S(=O)(=O)N4CCCCC4CC)cc3)nc12. The van der Waals surface area contributed by atoms with Crippen molar-refractivity contribution in [2.24, 2.45) is 0 Å². The molecule has 2 aromatic heterocycles. The fourth-order valence-corrected chi connectivity index (χ4v) is 7.59. The van der Waals surface area contributed by atoms with Crippen molar-refractivity contribution in [3.8, 4) is 5.75 Å². The third kappa shape index (κ3) is 5.21. The van der Waals surface area contributed by atoms with E-state index in [2.05, 4.69) is 0 Å². The number of furan rings is 1. The van der Waals surface area contributed by atoms with Gasteiger partial charge in [-0.15, -0.1) is 0 Å². The Morgan fingerprint density at radius 2 is 1.95 bits per heavy atom. The second kappa shape index (κ2) is 11.3. The molecule has 0 aliphatic carbocycles. The van der Waals surface area contributed by atoms with Crippen LogP contribution in [0.3, 0.4) is 0 Å². The second-order valence-corrected chi connectivity index (χ2v) is 12.1. The van der Waals surface area contributed by atoms with E-state index >= 15 is 0 Å². The Balaban J connectivity index is 1.46. The van der Waals surface area contributed by atoms with Crippen LogP contribution in [0.5, 0.6) is 5.75 Å². The number of thiazole rings is 1. The lowest BCUT2D eigenvalue weighted by Gasteiger charge is -2.34. The molecular formula is C28H31N3O5S2. The van der Waals surface area contributed by atoms with Gasteiger partial charge in [-0.1, -0.05) is 30.7 Å². The molecule has 5 rings (SSSR count). The number of nitrogens with zero attached hydrogens (tertiary/aromatic N) is 3. The van der Waals surface area contributed by atoms with E-state index in [0.717, 1.165) is 30.4 Å². The number of aromatic nitrogens is 1. The van der Waals surface area contributed by atoms with Gasteiger partial charge in [-0.25, -0.2) is 13.4 Å². The molecule has 1 aliphatic heterocycles. The number of ether oxygens (including phenoxy) is 1. The van der Waals surface area contributed by atoms with Crippen LogP contribution in [-0.2, 0) is 16.6 Å². The van der Waals surface area contributed by atoms with Crippen LogP contribution in [0.25, 0.3) is 10.2 Å². The first kappa shape index (κ1) is 26.4. The van der Waals surface area contributed by atoms with Crippen molar-refractivity contribution < 1.29 is 22.4 Å². The molecule has 1 atom stereocenters. The first-order valence-electron chi connectivity index (χ1n) is 12.9. The van der Waals surface area contributed by atoms with E-state index in [1.807, 2.05) is 32.0 Å². The first-order chi connectivity index (χ1) is 18.4. The van der Waals surface area contributed by atoms with Crippen molar-refractivity contribution in [2.75, 3.05) is 18.1 Å². The van der Waals surface area contributed by atoms with Crippen LogP contribution in [0.1, 0.15) is 55.6 Å². The molecule has 1 fully saturated rings. The zero-order chi connectivity index (χ0) is 26.7. The highest BCUT2D eigenvalue weighted by atomic mass is 32.2. The number of benzene rings is 2. The molecule has 0 bridgehead atoms. The number of amides is 1. The van der Waals surface area contributed by atoms with Gasteiger partial charge in [-0.2, -0.15) is 4.31 Å². The molecule has 38 heavy (non-hydrogen) atoms. The van der Waals surface area contributed by atoms with Crippen LogP contribution in [0.4, 0.5) is 5.13 Å². The number of carbonyl (C=O) groups is 1. The fraction of sp³-hybridized carbons (Fsp3) is 0.357. The molecule has 1 unspecified atom stereocenters. The molecule has 1 saturated heterocycles. The third-order valence-electron chi connectivity index (χ3n) is 6.79. The summed E-state index contributed by atoms with van der Waals surface area (Å²) in [5.41, 5.74) is 1.06. The third-order valence-corrected chi connectivity index (χ3v) is 9.80. The van der Waals surface area contributed by atoms with Crippen molar-refractivity contribution in [1.29, 1.82) is 0 Å². The molecule has 10 heteroatoms. The Kier molecular flexibility index (Phi) is 7.83. The predicted molar refractivity (Wildman–Crippen MR) is 148 cm³/mol. The van der Waals surface area contributed by atoms with Crippen LogP contribution < -0.4 is 9.64 Å². The maximum Gasteiger partial charge on any atom is 0.260 e. The molecular weight excluding hydrogens is 522 g/mol. The highest BCUT2D eigenvalue weighted by Gasteiger charge is 2.33. The number of carbonyl (C=O) groups excluding carboxylic acids is 1. The van der Waals surface area contributed by atoms with E-state index in [4.69, 9.17) is 14.1 Å². The first-order valence-corrected chi connectivity index (χ1v) is 15.2. The Morgan fingerprint density at radius 1 is 1.13 bits per heavy atom. The lowest BCUT2D eigenvalue weighted by Crippen LogP contribution is -2.43. The summed E-state index contributed by atoms with van der Waals surface area (Å²) in [6, 6.07) is 15.5. The van der Waals surface area contributed by atoms with E-state index in [9.17, 15) is 13.2 Å². The minimum absolute atomic E-state index is 0.0134. The van der Waals surface area contributed by atoms with E-state index in [0.29, 0.717) is 40.9 Å². The Morgan fingerprint density at radius 3 is 2.66 bits per heavy atom. The van der Waals surface area contributed by atoms with E-state index in [1.54, 1.807) is 39.7 Å². The second-order valence-electron chi connectivity index (χ2n) is 9.20. The van der Waals surface area contributed by atoms with Crippen molar-refractivity contribution in [3.05, 3.63) is 72.2 Å². The van der Waals surface area contributed by atoms with E-state index in [-0.39, 0.29) is 23.4 Å². The number of piperidine rings is 1. The number of anilines is 1. The standard InChI is InChI=1S/C28H31N3O5S2/c1-3-21-9-5-6-17-31(21)38(33,34)23-15-13-20(14-16-23)27(32)30(19-22-10-8-18-36-22)28-29-26-24(35-4-2)11-7-12-25(26)37-28/h7-8,10-16,18,21H,3-6,9,17,19H2,1-2H3. The fourth-order valence-electron chi connectivity index (χ4n) is 4.84. The zero-order valence-electron chi connectivity index (χ0n) is 21.5. The van der Waals surface area contributed by atoms with Crippen molar-refractivity contribution in [3.63, 3.8) is 0 Å². The smallest absolute Gasteiger partial charge is 0.260 e. The van der Waals surface area contributed by atoms with Gasteiger partial charge >= 0.3 is 0 Å². The summed E-state index contributed by atoms with van der Waals surface area (Å²) in [4.78, 5) is 20.3. The lowest BCUT2D eigenvalue weighted by atomic mass is 10.0. The summed E-state index contributed by atoms with van der Waals surface area (Å²) >= 11 is 1.39. The molecule has 200 valence electrons. The monoisotopic (exact) mass is 553 g/mol. The molecule has 4 aromatic rings. The molecule has 0 N–H and O–H groups in total. The Bertz CT molecular complexity index is 1500. The molecule has 1 amide bonds. The number of rotatable bonds is 9. The summed E-state index contributed by atoms with van der Waals surface area (Å²) in [6.45, 7) is 5.15. The maximum atomic E-state index is 13.8. The highest BCUT2D eigenvalue weighted by Crippen LogP contribution is 2.36. The average molecular weight is 554 g/mol. The van der Waals surface area contributed by atoms with Gasteiger partial charge in [-0.05, 0) is 74.7 Å². The van der Waals surface area contributed by atoms with Crippen LogP contribution in [-0.4, -0.2) is 42.8 Å². The van der Waals surface area contributed by atoms with Gasteiger partial charge < -0.3 is 9.15 Å². The summed E-state index contributed by atoms with van der Waals surface area (Å²) in [5.74, 6) is 0.972. The van der Waals surface area contributed by atoms with E-state index in [1.165, 1.54) is 23.5 Å². The van der Waals surface area contributed by atoms with Crippen LogP contribution in [0, 0.1) is 0 Å². The van der Waals surface area contributed by atoms with Crippen molar-refractivity contribution >= 4 is 42.6 Å². The Hall–Kier alpha value is -3.21. The number of para-hydroxylation sites is 1. The van der Waals surface area contributed by atoms with Crippen LogP contribution >= 0.6 is 11.3 Å². The molecule has 1 aliphatic rings. The molecule has 0 radical (unpaired) electrons. The maximum absolute atomic E-state index is 13.8. The summed E-state index contributed by atoms with van der Waals surface area (Å²) in [5, 5.41) is 0.504. The molecule has 0 saturated carbocycles. The normalized spacial score (nSPS) is 16.5. The molecule has 3 heterocycles. The quantitative estimate of drug-likeness (QED) is 0.249. The topological polar surface area (TPSA) is 92.9 Å². The Labute approximate surface area is 226 Å². The summed E-state index contributed by atoms with van der Waals surface area (Å²) in [6.07, 6.45) is 5.13. The van der Waals surface area contributed by atoms with Gasteiger partial charge in [-0.3, -0.25) is 9.69 Å². The number of sulfonamides is 1. The van der Waals surface area contributed by atoms with Crippen molar-refractivity contribution in [1.82, 2.24) is 9.29 Å². The zero-order valence-corrected chi connectivity index (χ0v) is 23.1. The summed E-state index contributed by atoms with van der Waals surface area (Å²) < 4.78 is 40.6. The highest BCUT2D eigenvalue weighted by molar-refractivity contribution is 7.89. The molecule has 0 spiro atoms.